The van der Waals surface area contributed by atoms with E-state index < -0.39 is 37.0 Å². The number of hydrogen-bond acceptors (Lipinski definition) is 8. The minimum absolute atomic E-state index is 0.0203. The first-order valence-corrected chi connectivity index (χ1v) is 10.0. The van der Waals surface area contributed by atoms with E-state index in [0.29, 0.717) is 5.56 Å². The van der Waals surface area contributed by atoms with Crippen LogP contribution in [0.1, 0.15) is 42.9 Å². The number of ether oxygens (including phenoxy) is 3. The fourth-order valence-electron chi connectivity index (χ4n) is 2.56. The third kappa shape index (κ3) is 6.23. The van der Waals surface area contributed by atoms with Crippen molar-refractivity contribution in [1.82, 2.24) is 5.32 Å². The Hall–Kier alpha value is -3.54. The minimum Gasteiger partial charge on any atom is -0.462 e. The SMILES string of the molecule is CCOC(=O)c1c(NC(=O)COC(=O)c2cccc(OC(F)F)c2)sc(C(=O)NC)c1C. The first-order valence-electron chi connectivity index (χ1n) is 9.22. The second-order valence-corrected chi connectivity index (χ2v) is 7.11. The van der Waals surface area contributed by atoms with E-state index in [-0.39, 0.29) is 33.4 Å². The fourth-order valence-corrected chi connectivity index (χ4v) is 3.71. The number of anilines is 1. The van der Waals surface area contributed by atoms with Gasteiger partial charge in [-0.1, -0.05) is 6.07 Å². The summed E-state index contributed by atoms with van der Waals surface area (Å²) in [7, 11) is 1.42. The number of carbonyl (C=O) groups is 4. The molecular weight excluding hydrogens is 450 g/mol. The normalized spacial score (nSPS) is 10.4. The lowest BCUT2D eigenvalue weighted by Gasteiger charge is -2.09. The Morgan fingerprint density at radius 3 is 2.47 bits per heavy atom. The lowest BCUT2D eigenvalue weighted by Crippen LogP contribution is -2.21. The molecule has 32 heavy (non-hydrogen) atoms. The average Bonchev–Trinajstić information content (AvgIpc) is 3.07. The molecule has 2 aromatic rings. The van der Waals surface area contributed by atoms with Crippen LogP contribution in [0.5, 0.6) is 5.75 Å². The number of nitrogens with one attached hydrogen (secondary N) is 2. The zero-order valence-electron chi connectivity index (χ0n) is 17.3. The van der Waals surface area contributed by atoms with Gasteiger partial charge in [0.25, 0.3) is 11.8 Å². The molecule has 0 fully saturated rings. The predicted octanol–water partition coefficient (Wildman–Crippen LogP) is 2.99. The molecule has 0 saturated carbocycles. The summed E-state index contributed by atoms with van der Waals surface area (Å²) in [5.74, 6) is -3.14. The van der Waals surface area contributed by atoms with Crippen LogP contribution in [0.15, 0.2) is 24.3 Å². The van der Waals surface area contributed by atoms with Crippen molar-refractivity contribution in [3.05, 3.63) is 45.8 Å². The van der Waals surface area contributed by atoms with Crippen molar-refractivity contribution in [2.75, 3.05) is 25.6 Å². The van der Waals surface area contributed by atoms with Crippen LogP contribution in [0, 0.1) is 6.92 Å². The monoisotopic (exact) mass is 470 g/mol. The molecule has 2 rings (SSSR count). The molecule has 0 aliphatic carbocycles. The molecule has 0 aliphatic heterocycles. The van der Waals surface area contributed by atoms with Crippen molar-refractivity contribution in [1.29, 1.82) is 0 Å². The minimum atomic E-state index is -3.06. The number of halogens is 2. The summed E-state index contributed by atoms with van der Waals surface area (Å²) in [4.78, 5) is 49.0. The highest BCUT2D eigenvalue weighted by molar-refractivity contribution is 7.18. The van der Waals surface area contributed by atoms with Crippen molar-refractivity contribution in [3.63, 3.8) is 0 Å². The van der Waals surface area contributed by atoms with Crippen LogP contribution in [0.3, 0.4) is 0 Å². The predicted molar refractivity (Wildman–Crippen MR) is 110 cm³/mol. The van der Waals surface area contributed by atoms with Crippen molar-refractivity contribution in [2.45, 2.75) is 20.5 Å². The molecule has 9 nitrogen and oxygen atoms in total. The van der Waals surface area contributed by atoms with Crippen LogP contribution in [0.2, 0.25) is 0 Å². The molecule has 0 aliphatic rings. The highest BCUT2D eigenvalue weighted by Gasteiger charge is 2.26. The summed E-state index contributed by atoms with van der Waals surface area (Å²) in [5.41, 5.74) is 0.250. The van der Waals surface area contributed by atoms with Crippen molar-refractivity contribution in [2.24, 2.45) is 0 Å². The van der Waals surface area contributed by atoms with E-state index in [0.717, 1.165) is 17.4 Å². The van der Waals surface area contributed by atoms with Crippen molar-refractivity contribution >= 4 is 40.1 Å². The molecule has 2 amide bonds. The molecule has 0 spiro atoms. The number of alkyl halides is 2. The van der Waals surface area contributed by atoms with Gasteiger partial charge in [0, 0.05) is 7.05 Å². The van der Waals surface area contributed by atoms with Crippen LogP contribution < -0.4 is 15.4 Å². The van der Waals surface area contributed by atoms with Gasteiger partial charge in [-0.25, -0.2) is 9.59 Å². The molecule has 172 valence electrons. The summed E-state index contributed by atoms with van der Waals surface area (Å²) >= 11 is 0.867. The number of benzene rings is 1. The van der Waals surface area contributed by atoms with Gasteiger partial charge in [0.05, 0.1) is 22.6 Å². The third-order valence-electron chi connectivity index (χ3n) is 3.94. The average molecular weight is 470 g/mol. The number of esters is 2. The molecule has 1 aromatic carbocycles. The zero-order chi connectivity index (χ0) is 23.8. The topological polar surface area (TPSA) is 120 Å². The second-order valence-electron chi connectivity index (χ2n) is 6.09. The fraction of sp³-hybridized carbons (Fsp3) is 0.300. The van der Waals surface area contributed by atoms with Gasteiger partial charge in [-0.2, -0.15) is 8.78 Å². The highest BCUT2D eigenvalue weighted by Crippen LogP contribution is 2.33. The molecule has 0 saturated heterocycles. The Kier molecular flexibility index (Phi) is 8.64. The van der Waals surface area contributed by atoms with E-state index in [2.05, 4.69) is 15.4 Å². The second kappa shape index (κ2) is 11.2. The zero-order valence-corrected chi connectivity index (χ0v) is 18.1. The first kappa shape index (κ1) is 24.7. The smallest absolute Gasteiger partial charge is 0.387 e. The molecule has 0 bridgehead atoms. The maximum absolute atomic E-state index is 12.3. The molecule has 12 heteroatoms. The lowest BCUT2D eigenvalue weighted by molar-refractivity contribution is -0.119. The van der Waals surface area contributed by atoms with Gasteiger partial charge < -0.3 is 24.8 Å². The summed E-state index contributed by atoms with van der Waals surface area (Å²) in [5, 5.41) is 4.94. The molecule has 0 atom stereocenters. The molecule has 1 aromatic heterocycles. The molecular formula is C20H20F2N2O7S. The van der Waals surface area contributed by atoms with Crippen LogP contribution in [-0.2, 0) is 14.3 Å². The summed E-state index contributed by atoms with van der Waals surface area (Å²) in [6, 6.07) is 4.89. The molecule has 2 N–H and O–H groups in total. The van der Waals surface area contributed by atoms with Gasteiger partial charge in [-0.15, -0.1) is 11.3 Å². The number of rotatable bonds is 9. The Balaban J connectivity index is 2.11. The van der Waals surface area contributed by atoms with Gasteiger partial charge >= 0.3 is 18.6 Å². The van der Waals surface area contributed by atoms with Crippen molar-refractivity contribution < 1.29 is 42.2 Å². The molecule has 0 unspecified atom stereocenters. The van der Waals surface area contributed by atoms with Crippen molar-refractivity contribution in [3.8, 4) is 5.75 Å². The Labute approximate surface area is 185 Å². The van der Waals surface area contributed by atoms with Gasteiger partial charge in [-0.3, -0.25) is 9.59 Å². The highest BCUT2D eigenvalue weighted by atomic mass is 32.1. The molecule has 0 radical (unpaired) electrons. The van der Waals surface area contributed by atoms with Gasteiger partial charge in [0.15, 0.2) is 6.61 Å². The number of thiophene rings is 1. The van der Waals surface area contributed by atoms with E-state index in [9.17, 15) is 28.0 Å². The van der Waals surface area contributed by atoms with E-state index in [1.54, 1.807) is 6.92 Å². The molecule has 1 heterocycles. The van der Waals surface area contributed by atoms with E-state index in [1.807, 2.05) is 0 Å². The third-order valence-corrected chi connectivity index (χ3v) is 5.15. The van der Waals surface area contributed by atoms with Gasteiger partial charge in [0.2, 0.25) is 0 Å². The summed E-state index contributed by atoms with van der Waals surface area (Å²) < 4.78 is 38.7. The first-order chi connectivity index (χ1) is 15.2. The quantitative estimate of drug-likeness (QED) is 0.541. The maximum atomic E-state index is 12.3. The van der Waals surface area contributed by atoms with Crippen LogP contribution >= 0.6 is 11.3 Å². The lowest BCUT2D eigenvalue weighted by atomic mass is 10.1. The number of amides is 2. The van der Waals surface area contributed by atoms with Crippen LogP contribution in [0.4, 0.5) is 13.8 Å². The van der Waals surface area contributed by atoms with E-state index in [1.165, 1.54) is 32.2 Å². The van der Waals surface area contributed by atoms with E-state index in [4.69, 9.17) is 9.47 Å². The maximum Gasteiger partial charge on any atom is 0.387 e. The summed E-state index contributed by atoms with van der Waals surface area (Å²) in [6.07, 6.45) is 0. The number of carbonyl (C=O) groups excluding carboxylic acids is 4. The van der Waals surface area contributed by atoms with E-state index >= 15 is 0 Å². The Bertz CT molecular complexity index is 1020. The van der Waals surface area contributed by atoms with Gasteiger partial charge in [-0.05, 0) is 37.6 Å². The van der Waals surface area contributed by atoms with Crippen LogP contribution in [-0.4, -0.2) is 50.6 Å². The van der Waals surface area contributed by atoms with Crippen LogP contribution in [0.25, 0.3) is 0 Å². The summed E-state index contributed by atoms with van der Waals surface area (Å²) in [6.45, 7) is -0.555. The number of hydrogen-bond donors (Lipinski definition) is 2. The Morgan fingerprint density at radius 1 is 1.12 bits per heavy atom. The van der Waals surface area contributed by atoms with Gasteiger partial charge in [0.1, 0.15) is 10.8 Å². The standard InChI is InChI=1S/C20H20F2N2O7S/c1-4-29-19(28)14-10(2)15(16(26)23-3)32-17(14)24-13(25)9-30-18(27)11-6-5-7-12(8-11)31-20(21)22/h5-8,20H,4,9H2,1-3H3,(H,23,26)(H,24,25). The largest absolute Gasteiger partial charge is 0.462 e. The Morgan fingerprint density at radius 2 is 1.84 bits per heavy atom.